The van der Waals surface area contributed by atoms with Crippen molar-refractivity contribution < 1.29 is 9.59 Å². The maximum atomic E-state index is 11.9. The van der Waals surface area contributed by atoms with E-state index in [0.717, 1.165) is 19.3 Å². The second-order valence-corrected chi connectivity index (χ2v) is 5.79. The molecule has 0 radical (unpaired) electrons. The van der Waals surface area contributed by atoms with Gasteiger partial charge in [-0.15, -0.1) is 0 Å². The van der Waals surface area contributed by atoms with Crippen molar-refractivity contribution in [2.45, 2.75) is 32.6 Å². The van der Waals surface area contributed by atoms with Crippen LogP contribution in [0.3, 0.4) is 0 Å². The van der Waals surface area contributed by atoms with Crippen molar-refractivity contribution >= 4 is 52.3 Å². The number of hydrogen-bond donors (Lipinski definition) is 3. The van der Waals surface area contributed by atoms with Gasteiger partial charge in [0.05, 0.1) is 10.6 Å². The van der Waals surface area contributed by atoms with Crippen LogP contribution in [0.25, 0.3) is 0 Å². The third-order valence-electron chi connectivity index (χ3n) is 2.73. The van der Waals surface area contributed by atoms with Gasteiger partial charge in [-0.25, -0.2) is 0 Å². The van der Waals surface area contributed by atoms with Crippen LogP contribution in [0.1, 0.15) is 43.0 Å². The predicted octanol–water partition coefficient (Wildman–Crippen LogP) is 3.21. The Balaban J connectivity index is 2.40. The van der Waals surface area contributed by atoms with Gasteiger partial charge in [0.2, 0.25) is 5.91 Å². The molecule has 0 unspecified atom stereocenters. The van der Waals surface area contributed by atoms with Crippen LogP contribution >= 0.6 is 35.4 Å². The van der Waals surface area contributed by atoms with E-state index in [2.05, 4.69) is 23.1 Å². The molecule has 1 aromatic rings. The van der Waals surface area contributed by atoms with Gasteiger partial charge in [-0.3, -0.25) is 20.4 Å². The lowest BCUT2D eigenvalue weighted by molar-refractivity contribution is -0.119. The number of amides is 2. The number of benzene rings is 1. The summed E-state index contributed by atoms with van der Waals surface area (Å²) in [5.74, 6) is -0.672. The van der Waals surface area contributed by atoms with Gasteiger partial charge in [-0.05, 0) is 36.8 Å². The molecule has 0 spiro atoms. The van der Waals surface area contributed by atoms with Gasteiger partial charge in [-0.2, -0.15) is 0 Å². The highest BCUT2D eigenvalue weighted by Crippen LogP contribution is 2.20. The molecule has 120 valence electrons. The second kappa shape index (κ2) is 9.61. The highest BCUT2D eigenvalue weighted by Gasteiger charge is 2.11. The minimum Gasteiger partial charge on any atom is -0.302 e. The summed E-state index contributed by atoms with van der Waals surface area (Å²) in [6.45, 7) is 2.06. The molecule has 0 aliphatic heterocycles. The lowest BCUT2D eigenvalue weighted by Gasteiger charge is -2.11. The Morgan fingerprint density at radius 2 is 1.91 bits per heavy atom. The Bertz CT molecular complexity index is 567. The van der Waals surface area contributed by atoms with Gasteiger partial charge in [-0.1, -0.05) is 43.0 Å². The van der Waals surface area contributed by atoms with E-state index in [-0.39, 0.29) is 21.6 Å². The molecule has 0 saturated carbocycles. The standard InChI is InChI=1S/C14H17Cl2N3O2S/c1-2-3-4-5-12(20)17-14(22)19-18-13(21)10-7-6-9(15)8-11(10)16/h6-8H,2-5H2,1H3,(H,18,21)(H2,17,19,20,22). The fourth-order valence-electron chi connectivity index (χ4n) is 1.61. The number of halogens is 2. The van der Waals surface area contributed by atoms with Gasteiger partial charge in [0.15, 0.2) is 5.11 Å². The number of nitrogens with one attached hydrogen (secondary N) is 3. The van der Waals surface area contributed by atoms with E-state index in [9.17, 15) is 9.59 Å². The number of unbranched alkanes of at least 4 members (excludes halogenated alkanes) is 2. The monoisotopic (exact) mass is 361 g/mol. The van der Waals surface area contributed by atoms with Crippen LogP contribution in [-0.2, 0) is 4.79 Å². The number of hydrazine groups is 1. The first kappa shape index (κ1) is 18.7. The number of hydrogen-bond acceptors (Lipinski definition) is 3. The first-order valence-corrected chi connectivity index (χ1v) is 7.95. The molecule has 0 atom stereocenters. The van der Waals surface area contributed by atoms with Crippen LogP contribution in [0.4, 0.5) is 0 Å². The van der Waals surface area contributed by atoms with Crippen LogP contribution < -0.4 is 16.2 Å². The molecular formula is C14H17Cl2N3O2S. The van der Waals surface area contributed by atoms with Crippen LogP contribution in [0, 0.1) is 0 Å². The Morgan fingerprint density at radius 3 is 2.55 bits per heavy atom. The lowest BCUT2D eigenvalue weighted by Crippen LogP contribution is -2.48. The highest BCUT2D eigenvalue weighted by molar-refractivity contribution is 7.80. The smallest absolute Gasteiger partial charge is 0.271 e. The fraction of sp³-hybridized carbons (Fsp3) is 0.357. The van der Waals surface area contributed by atoms with Crippen molar-refractivity contribution in [3.63, 3.8) is 0 Å². The molecule has 0 fully saturated rings. The third-order valence-corrected chi connectivity index (χ3v) is 3.48. The van der Waals surface area contributed by atoms with E-state index in [1.165, 1.54) is 12.1 Å². The predicted molar refractivity (Wildman–Crippen MR) is 91.9 cm³/mol. The van der Waals surface area contributed by atoms with Crippen molar-refractivity contribution in [1.29, 1.82) is 0 Å². The quantitative estimate of drug-likeness (QED) is 0.427. The van der Waals surface area contributed by atoms with E-state index in [4.69, 9.17) is 35.4 Å². The molecule has 3 N–H and O–H groups in total. The van der Waals surface area contributed by atoms with Gasteiger partial charge in [0, 0.05) is 11.4 Å². The normalized spacial score (nSPS) is 9.95. The van der Waals surface area contributed by atoms with Crippen LogP contribution in [0.15, 0.2) is 18.2 Å². The van der Waals surface area contributed by atoms with Gasteiger partial charge in [0.25, 0.3) is 5.91 Å². The van der Waals surface area contributed by atoms with Crippen LogP contribution in [-0.4, -0.2) is 16.9 Å². The van der Waals surface area contributed by atoms with Crippen molar-refractivity contribution in [2.75, 3.05) is 0 Å². The van der Waals surface area contributed by atoms with E-state index in [0.29, 0.717) is 11.4 Å². The van der Waals surface area contributed by atoms with E-state index < -0.39 is 5.91 Å². The topological polar surface area (TPSA) is 70.2 Å². The molecule has 2 amide bonds. The number of thiocarbonyl (C=S) groups is 1. The van der Waals surface area contributed by atoms with Gasteiger partial charge < -0.3 is 5.32 Å². The highest BCUT2D eigenvalue weighted by atomic mass is 35.5. The molecule has 1 rings (SSSR count). The van der Waals surface area contributed by atoms with E-state index >= 15 is 0 Å². The summed E-state index contributed by atoms with van der Waals surface area (Å²) < 4.78 is 0. The molecule has 0 saturated heterocycles. The molecule has 0 heterocycles. The maximum absolute atomic E-state index is 11.9. The van der Waals surface area contributed by atoms with Crippen molar-refractivity contribution in [1.82, 2.24) is 16.2 Å². The molecule has 8 heteroatoms. The van der Waals surface area contributed by atoms with Crippen LogP contribution in [0.5, 0.6) is 0 Å². The summed E-state index contributed by atoms with van der Waals surface area (Å²) in [4.78, 5) is 23.5. The summed E-state index contributed by atoms with van der Waals surface area (Å²) in [6.07, 6.45) is 3.22. The zero-order chi connectivity index (χ0) is 16.5. The molecule has 22 heavy (non-hydrogen) atoms. The molecule has 0 aliphatic rings. The molecule has 0 aromatic heterocycles. The minimum atomic E-state index is -0.482. The summed E-state index contributed by atoms with van der Waals surface area (Å²) in [6, 6.07) is 4.51. The van der Waals surface area contributed by atoms with Gasteiger partial charge in [0.1, 0.15) is 0 Å². The zero-order valence-electron chi connectivity index (χ0n) is 12.0. The minimum absolute atomic E-state index is 0.0277. The average Bonchev–Trinajstić information content (AvgIpc) is 2.45. The summed E-state index contributed by atoms with van der Waals surface area (Å²) in [5, 5.41) is 3.17. The third kappa shape index (κ3) is 6.60. The SMILES string of the molecule is CCCCCC(=O)NC(=S)NNC(=O)c1ccc(Cl)cc1Cl. The number of carbonyl (C=O) groups excluding carboxylic acids is 2. The first-order chi connectivity index (χ1) is 10.4. The summed E-state index contributed by atoms with van der Waals surface area (Å²) in [7, 11) is 0. The van der Waals surface area contributed by atoms with Gasteiger partial charge >= 0.3 is 0 Å². The van der Waals surface area contributed by atoms with Crippen LogP contribution in [0.2, 0.25) is 10.0 Å². The zero-order valence-corrected chi connectivity index (χ0v) is 14.4. The largest absolute Gasteiger partial charge is 0.302 e. The van der Waals surface area contributed by atoms with Crippen molar-refractivity contribution in [3.8, 4) is 0 Å². The second-order valence-electron chi connectivity index (χ2n) is 4.54. The van der Waals surface area contributed by atoms with E-state index in [1.807, 2.05) is 0 Å². The molecule has 0 bridgehead atoms. The average molecular weight is 362 g/mol. The number of rotatable bonds is 5. The molecule has 0 aliphatic carbocycles. The van der Waals surface area contributed by atoms with Crippen molar-refractivity contribution in [3.05, 3.63) is 33.8 Å². The Labute approximate surface area is 144 Å². The molecule has 1 aromatic carbocycles. The maximum Gasteiger partial charge on any atom is 0.271 e. The Morgan fingerprint density at radius 1 is 1.18 bits per heavy atom. The Kier molecular flexibility index (Phi) is 8.16. The number of carbonyl (C=O) groups is 2. The fourth-order valence-corrected chi connectivity index (χ4v) is 2.27. The molecular weight excluding hydrogens is 345 g/mol. The first-order valence-electron chi connectivity index (χ1n) is 6.79. The Hall–Kier alpha value is -1.37. The molecule has 5 nitrogen and oxygen atoms in total. The summed E-state index contributed by atoms with van der Waals surface area (Å²) in [5.41, 5.74) is 5.06. The lowest BCUT2D eigenvalue weighted by atomic mass is 10.2. The summed E-state index contributed by atoms with van der Waals surface area (Å²) >= 11 is 16.6. The van der Waals surface area contributed by atoms with E-state index in [1.54, 1.807) is 6.07 Å². The van der Waals surface area contributed by atoms with Crippen molar-refractivity contribution in [2.24, 2.45) is 0 Å².